The summed E-state index contributed by atoms with van der Waals surface area (Å²) in [5.74, 6) is 5.30. The van der Waals surface area contributed by atoms with Crippen molar-refractivity contribution in [3.63, 3.8) is 0 Å². The predicted octanol–water partition coefficient (Wildman–Crippen LogP) is 1.04. The molecule has 0 radical (unpaired) electrons. The Morgan fingerprint density at radius 2 is 2.25 bits per heavy atom. The van der Waals surface area contributed by atoms with Gasteiger partial charge in [0.15, 0.2) is 5.13 Å². The first-order chi connectivity index (χ1) is 7.67. The van der Waals surface area contributed by atoms with Crippen molar-refractivity contribution in [3.05, 3.63) is 11.1 Å². The highest BCUT2D eigenvalue weighted by molar-refractivity contribution is 7.15. The van der Waals surface area contributed by atoms with E-state index >= 15 is 0 Å². The molecule has 1 fully saturated rings. The number of ether oxygens (including phenoxy) is 1. The molecule has 2 rings (SSSR count). The molecule has 6 heteroatoms. The van der Waals surface area contributed by atoms with E-state index in [4.69, 9.17) is 10.6 Å². The van der Waals surface area contributed by atoms with Crippen LogP contribution in [0, 0.1) is 0 Å². The Labute approximate surface area is 99.6 Å². The maximum absolute atomic E-state index is 5.69. The summed E-state index contributed by atoms with van der Waals surface area (Å²) < 4.78 is 5.69. The third-order valence-corrected chi connectivity index (χ3v) is 3.47. The second-order valence-corrected chi connectivity index (χ2v) is 5.34. The summed E-state index contributed by atoms with van der Waals surface area (Å²) >= 11 is 1.60. The molecule has 1 aliphatic heterocycles. The molecule has 2 atom stereocenters. The van der Waals surface area contributed by atoms with Crippen LogP contribution in [0.15, 0.2) is 6.20 Å². The minimum Gasteiger partial charge on any atom is -0.373 e. The molecule has 0 unspecified atom stereocenters. The molecule has 0 amide bonds. The van der Waals surface area contributed by atoms with Gasteiger partial charge in [-0.25, -0.2) is 10.8 Å². The van der Waals surface area contributed by atoms with Crippen LogP contribution in [0.4, 0.5) is 5.13 Å². The summed E-state index contributed by atoms with van der Waals surface area (Å²) in [5, 5.41) is 0.768. The number of rotatable bonds is 3. The van der Waals surface area contributed by atoms with E-state index < -0.39 is 0 Å². The largest absolute Gasteiger partial charge is 0.373 e. The van der Waals surface area contributed by atoms with Crippen molar-refractivity contribution in [2.75, 3.05) is 18.5 Å². The van der Waals surface area contributed by atoms with Gasteiger partial charge in [0.2, 0.25) is 0 Å². The number of thiazole rings is 1. The van der Waals surface area contributed by atoms with Gasteiger partial charge in [-0.15, -0.1) is 0 Å². The van der Waals surface area contributed by atoms with E-state index in [0.717, 1.165) is 24.8 Å². The van der Waals surface area contributed by atoms with E-state index in [9.17, 15) is 0 Å². The quantitative estimate of drug-likeness (QED) is 0.612. The smallest absolute Gasteiger partial charge is 0.197 e. The lowest BCUT2D eigenvalue weighted by atomic mass is 10.2. The number of morpholine rings is 1. The van der Waals surface area contributed by atoms with Gasteiger partial charge in [-0.1, -0.05) is 11.3 Å². The number of nitrogens with two attached hydrogens (primary N) is 1. The molecule has 3 N–H and O–H groups in total. The first-order valence-electron chi connectivity index (χ1n) is 5.46. The number of nitrogens with zero attached hydrogens (tertiary/aromatic N) is 2. The maximum atomic E-state index is 5.69. The fourth-order valence-electron chi connectivity index (χ4n) is 2.08. The molecule has 0 saturated carbocycles. The Balaban J connectivity index is 1.93. The van der Waals surface area contributed by atoms with Crippen LogP contribution in [0.25, 0.3) is 0 Å². The van der Waals surface area contributed by atoms with Gasteiger partial charge in [0.25, 0.3) is 0 Å². The minimum atomic E-state index is 0.309. The van der Waals surface area contributed by atoms with Crippen molar-refractivity contribution in [2.24, 2.45) is 5.84 Å². The van der Waals surface area contributed by atoms with Gasteiger partial charge in [0.05, 0.1) is 12.2 Å². The number of aromatic nitrogens is 1. The van der Waals surface area contributed by atoms with Crippen molar-refractivity contribution < 1.29 is 4.74 Å². The summed E-state index contributed by atoms with van der Waals surface area (Å²) in [6, 6.07) is 0. The van der Waals surface area contributed by atoms with E-state index in [1.165, 1.54) is 4.88 Å². The fourth-order valence-corrected chi connectivity index (χ4v) is 2.85. The van der Waals surface area contributed by atoms with Crippen molar-refractivity contribution in [1.29, 1.82) is 0 Å². The average molecular weight is 242 g/mol. The Morgan fingerprint density at radius 1 is 1.56 bits per heavy atom. The van der Waals surface area contributed by atoms with Gasteiger partial charge in [-0.3, -0.25) is 10.3 Å². The zero-order valence-electron chi connectivity index (χ0n) is 9.64. The molecular formula is C10H18N4OS. The molecule has 0 spiro atoms. The number of nitrogen functional groups attached to an aromatic ring is 1. The molecule has 5 nitrogen and oxygen atoms in total. The highest BCUT2D eigenvalue weighted by Crippen LogP contribution is 2.20. The van der Waals surface area contributed by atoms with Gasteiger partial charge >= 0.3 is 0 Å². The maximum Gasteiger partial charge on any atom is 0.197 e. The molecule has 1 aromatic heterocycles. The van der Waals surface area contributed by atoms with E-state index in [-0.39, 0.29) is 0 Å². The normalized spacial score (nSPS) is 26.9. The second kappa shape index (κ2) is 5.09. The number of anilines is 1. The number of nitrogens with one attached hydrogen (secondary N) is 1. The van der Waals surface area contributed by atoms with Crippen LogP contribution in [0.5, 0.6) is 0 Å². The monoisotopic (exact) mass is 242 g/mol. The predicted molar refractivity (Wildman–Crippen MR) is 65.2 cm³/mol. The molecule has 1 saturated heterocycles. The van der Waals surface area contributed by atoms with Crippen LogP contribution >= 0.6 is 11.3 Å². The molecule has 0 aromatic carbocycles. The third-order valence-electron chi connectivity index (χ3n) is 2.55. The Hall–Kier alpha value is -0.690. The van der Waals surface area contributed by atoms with Crippen molar-refractivity contribution in [2.45, 2.75) is 32.6 Å². The molecule has 16 heavy (non-hydrogen) atoms. The van der Waals surface area contributed by atoms with Crippen LogP contribution < -0.4 is 11.3 Å². The lowest BCUT2D eigenvalue weighted by molar-refractivity contribution is -0.0702. The standard InChI is InChI=1S/C10H18N4OS/c1-7-4-14(5-8(2)15-7)6-9-3-12-10(13-11)16-9/h3,7-8H,4-6,11H2,1-2H3,(H,12,13)/t7-,8+. The molecule has 2 heterocycles. The van der Waals surface area contributed by atoms with Crippen molar-refractivity contribution in [1.82, 2.24) is 9.88 Å². The summed E-state index contributed by atoms with van der Waals surface area (Å²) in [7, 11) is 0. The van der Waals surface area contributed by atoms with E-state index in [2.05, 4.69) is 29.2 Å². The number of hydrogen-bond donors (Lipinski definition) is 2. The Morgan fingerprint density at radius 3 is 2.81 bits per heavy atom. The molecule has 1 aromatic rings. The van der Waals surface area contributed by atoms with Gasteiger partial charge < -0.3 is 4.74 Å². The second-order valence-electron chi connectivity index (χ2n) is 4.23. The van der Waals surface area contributed by atoms with E-state index in [1.807, 2.05) is 6.20 Å². The van der Waals surface area contributed by atoms with Gasteiger partial charge in [0, 0.05) is 30.7 Å². The summed E-state index contributed by atoms with van der Waals surface area (Å²) in [4.78, 5) is 7.79. The van der Waals surface area contributed by atoms with Crippen LogP contribution in [-0.2, 0) is 11.3 Å². The van der Waals surface area contributed by atoms with Crippen molar-refractivity contribution >= 4 is 16.5 Å². The Kier molecular flexibility index (Phi) is 3.75. The molecule has 0 bridgehead atoms. The van der Waals surface area contributed by atoms with Gasteiger partial charge in [-0.05, 0) is 13.8 Å². The van der Waals surface area contributed by atoms with Crippen LogP contribution in [0.2, 0.25) is 0 Å². The number of hydrogen-bond acceptors (Lipinski definition) is 6. The topological polar surface area (TPSA) is 63.4 Å². The number of hydrazine groups is 1. The van der Waals surface area contributed by atoms with Crippen LogP contribution in [-0.4, -0.2) is 35.2 Å². The highest BCUT2D eigenvalue weighted by Gasteiger charge is 2.22. The Bertz CT molecular complexity index is 333. The van der Waals surface area contributed by atoms with E-state index in [1.54, 1.807) is 11.3 Å². The van der Waals surface area contributed by atoms with Crippen molar-refractivity contribution in [3.8, 4) is 0 Å². The van der Waals surface area contributed by atoms with Crippen LogP contribution in [0.3, 0.4) is 0 Å². The zero-order valence-corrected chi connectivity index (χ0v) is 10.5. The summed E-state index contributed by atoms with van der Waals surface area (Å²) in [6.45, 7) is 7.11. The lowest BCUT2D eigenvalue weighted by Crippen LogP contribution is -2.44. The first-order valence-corrected chi connectivity index (χ1v) is 6.28. The van der Waals surface area contributed by atoms with Gasteiger partial charge in [0.1, 0.15) is 0 Å². The summed E-state index contributed by atoms with van der Waals surface area (Å²) in [5.41, 5.74) is 2.57. The molecule has 0 aliphatic carbocycles. The highest BCUT2D eigenvalue weighted by atomic mass is 32.1. The lowest BCUT2D eigenvalue weighted by Gasteiger charge is -2.34. The summed E-state index contributed by atoms with van der Waals surface area (Å²) in [6.07, 6.45) is 2.50. The molecular weight excluding hydrogens is 224 g/mol. The van der Waals surface area contributed by atoms with Gasteiger partial charge in [-0.2, -0.15) is 0 Å². The third kappa shape index (κ3) is 2.91. The molecule has 90 valence electrons. The van der Waals surface area contributed by atoms with Crippen LogP contribution in [0.1, 0.15) is 18.7 Å². The average Bonchev–Trinajstić information content (AvgIpc) is 2.64. The SMILES string of the molecule is C[C@@H]1CN(Cc2cnc(NN)s2)C[C@H](C)O1. The zero-order chi connectivity index (χ0) is 11.5. The van der Waals surface area contributed by atoms with E-state index in [0.29, 0.717) is 12.2 Å². The minimum absolute atomic E-state index is 0.309. The first kappa shape index (κ1) is 11.8. The fraction of sp³-hybridized carbons (Fsp3) is 0.700. The molecule has 1 aliphatic rings.